The van der Waals surface area contributed by atoms with Crippen LogP contribution in [0.3, 0.4) is 0 Å². The van der Waals surface area contributed by atoms with Crippen LogP contribution in [0.15, 0.2) is 60.8 Å². The average molecular weight is 486 g/mol. The first-order chi connectivity index (χ1) is 17.5. The number of alkyl halides is 1. The summed E-state index contributed by atoms with van der Waals surface area (Å²) in [5, 5.41) is 8.98. The fraction of sp³-hybridized carbons (Fsp3) is 0.241. The normalized spacial score (nSPS) is 17.8. The van der Waals surface area contributed by atoms with E-state index in [1.54, 1.807) is 19.4 Å². The first-order valence-corrected chi connectivity index (χ1v) is 12.0. The van der Waals surface area contributed by atoms with E-state index in [4.69, 9.17) is 9.84 Å². The van der Waals surface area contributed by atoms with Gasteiger partial charge in [0.05, 0.1) is 12.8 Å². The molecule has 36 heavy (non-hydrogen) atoms. The number of nitrogens with one attached hydrogen (secondary N) is 2. The molecule has 0 bridgehead atoms. The van der Waals surface area contributed by atoms with Gasteiger partial charge >= 0.3 is 5.97 Å². The number of fused-ring (bicyclic) bond motifs is 1. The van der Waals surface area contributed by atoms with Gasteiger partial charge in [0.15, 0.2) is 6.30 Å². The molecule has 0 radical (unpaired) electrons. The quantitative estimate of drug-likeness (QED) is 0.275. The number of pyridine rings is 1. The number of rotatable bonds is 7. The third kappa shape index (κ3) is 4.50. The van der Waals surface area contributed by atoms with Crippen LogP contribution < -0.4 is 15.6 Å². The zero-order valence-corrected chi connectivity index (χ0v) is 20.2. The molecule has 1 saturated carbocycles. The molecule has 1 atom stereocenters. The zero-order chi connectivity index (χ0) is 25.2. The number of nitrogens with zero attached hydrogens (tertiary/aromatic N) is 1. The third-order valence-corrected chi connectivity index (χ3v) is 6.99. The number of ether oxygens (including phenoxy) is 1. The van der Waals surface area contributed by atoms with Crippen molar-refractivity contribution >= 4 is 28.9 Å². The van der Waals surface area contributed by atoms with Gasteiger partial charge in [-0.25, -0.2) is 19.6 Å². The van der Waals surface area contributed by atoms with Crippen molar-refractivity contribution in [2.75, 3.05) is 12.5 Å². The number of halogens is 1. The summed E-state index contributed by atoms with van der Waals surface area (Å²) in [6.45, 7) is 2.02. The number of methoxy groups -OCH3 is 1. The van der Waals surface area contributed by atoms with Crippen molar-refractivity contribution in [2.45, 2.75) is 32.5 Å². The Kier molecular flexibility index (Phi) is 6.57. The number of carbonyl (C=O) groups is 1. The second-order valence-corrected chi connectivity index (χ2v) is 9.14. The number of benzene rings is 2. The number of aliphatic carboxylic acids is 1. The molecule has 0 spiro atoms. The van der Waals surface area contributed by atoms with E-state index in [-0.39, 0.29) is 0 Å². The highest BCUT2D eigenvalue weighted by Gasteiger charge is 2.30. The largest absolute Gasteiger partial charge is 0.481 e. The van der Waals surface area contributed by atoms with Crippen LogP contribution >= 0.6 is 0 Å². The lowest BCUT2D eigenvalue weighted by atomic mass is 9.72. The summed E-state index contributed by atoms with van der Waals surface area (Å²) in [7, 11) is 1.62. The van der Waals surface area contributed by atoms with Gasteiger partial charge in [0.1, 0.15) is 0 Å². The second kappa shape index (κ2) is 9.95. The minimum atomic E-state index is -1.29. The molecule has 2 aromatic carbocycles. The molecule has 1 aliphatic heterocycles. The maximum absolute atomic E-state index is 14.6. The monoisotopic (exact) mass is 485 g/mol. The number of hydrogen-bond acceptors (Lipinski definition) is 5. The standard InChI is InChI=1S/C29H28FN3O3/c1-17-22(14-15-31-29(17)36-2)27(19-4-3-5-19)26(20-9-6-18(7-10-20)8-13-25(34)35)21-11-12-24-23(16-21)28(30)33-32-24/h6-16,19,28,32-33H,3-5H2,1-2H3,(H,34,35)/b13-8+,27-26+. The van der Waals surface area contributed by atoms with Gasteiger partial charge < -0.3 is 15.3 Å². The molecular formula is C29H28FN3O3. The van der Waals surface area contributed by atoms with Crippen LogP contribution in [0.1, 0.15) is 58.9 Å². The Morgan fingerprint density at radius 3 is 2.56 bits per heavy atom. The molecule has 2 heterocycles. The molecule has 3 aromatic rings. The van der Waals surface area contributed by atoms with Gasteiger partial charge in [0.2, 0.25) is 5.88 Å². The number of anilines is 1. The lowest BCUT2D eigenvalue weighted by Crippen LogP contribution is -2.16. The molecule has 1 aliphatic carbocycles. The lowest BCUT2D eigenvalue weighted by Gasteiger charge is -2.32. The van der Waals surface area contributed by atoms with Crippen molar-refractivity contribution in [1.29, 1.82) is 0 Å². The molecule has 0 saturated heterocycles. The van der Waals surface area contributed by atoms with Gasteiger partial charge in [-0.2, -0.15) is 0 Å². The Hall–Kier alpha value is -3.97. The molecule has 3 N–H and O–H groups in total. The van der Waals surface area contributed by atoms with E-state index in [2.05, 4.69) is 15.8 Å². The van der Waals surface area contributed by atoms with Crippen LogP contribution in [0.4, 0.5) is 10.1 Å². The maximum Gasteiger partial charge on any atom is 0.328 e. The first kappa shape index (κ1) is 23.8. The molecule has 0 amide bonds. The van der Waals surface area contributed by atoms with E-state index in [0.717, 1.165) is 64.4 Å². The maximum atomic E-state index is 14.6. The Morgan fingerprint density at radius 2 is 1.89 bits per heavy atom. The van der Waals surface area contributed by atoms with E-state index in [9.17, 15) is 9.18 Å². The van der Waals surface area contributed by atoms with Gasteiger partial charge in [-0.15, -0.1) is 0 Å². The predicted molar refractivity (Wildman–Crippen MR) is 139 cm³/mol. The van der Waals surface area contributed by atoms with Gasteiger partial charge in [-0.1, -0.05) is 36.8 Å². The second-order valence-electron chi connectivity index (χ2n) is 9.14. The SMILES string of the molecule is COc1nccc(/C(=C(\c2ccc(/C=C/C(=O)O)cc2)c2ccc3c(c2)C(F)NN3)C2CCC2)c1C. The molecule has 5 rings (SSSR count). The van der Waals surface area contributed by atoms with Crippen LogP contribution in [-0.4, -0.2) is 23.2 Å². The zero-order valence-electron chi connectivity index (χ0n) is 20.2. The molecule has 1 fully saturated rings. The van der Waals surface area contributed by atoms with Crippen molar-refractivity contribution in [3.63, 3.8) is 0 Å². The third-order valence-electron chi connectivity index (χ3n) is 6.99. The molecule has 1 unspecified atom stereocenters. The summed E-state index contributed by atoms with van der Waals surface area (Å²) in [5.41, 5.74) is 13.8. The minimum Gasteiger partial charge on any atom is -0.481 e. The Labute approximate surface area is 209 Å². The van der Waals surface area contributed by atoms with Crippen LogP contribution in [0, 0.1) is 12.8 Å². The van der Waals surface area contributed by atoms with Crippen molar-refractivity contribution in [1.82, 2.24) is 10.4 Å². The number of hydrogen-bond donors (Lipinski definition) is 3. The van der Waals surface area contributed by atoms with Gasteiger partial charge in [0.25, 0.3) is 0 Å². The minimum absolute atomic E-state index is 0.350. The highest BCUT2D eigenvalue weighted by Crippen LogP contribution is 2.47. The summed E-state index contributed by atoms with van der Waals surface area (Å²) in [6.07, 6.45) is 6.47. The highest BCUT2D eigenvalue weighted by molar-refractivity contribution is 6.00. The van der Waals surface area contributed by atoms with Crippen molar-refractivity contribution < 1.29 is 19.0 Å². The van der Waals surface area contributed by atoms with E-state index >= 15 is 0 Å². The lowest BCUT2D eigenvalue weighted by molar-refractivity contribution is -0.131. The molecule has 6 nitrogen and oxygen atoms in total. The van der Waals surface area contributed by atoms with E-state index in [0.29, 0.717) is 17.4 Å². The summed E-state index contributed by atoms with van der Waals surface area (Å²) in [6, 6.07) is 15.7. The van der Waals surface area contributed by atoms with Crippen LogP contribution in [0.2, 0.25) is 0 Å². The Morgan fingerprint density at radius 1 is 1.14 bits per heavy atom. The van der Waals surface area contributed by atoms with Crippen molar-refractivity contribution in [3.8, 4) is 5.88 Å². The number of carboxylic acids is 1. The molecule has 7 heteroatoms. The van der Waals surface area contributed by atoms with Crippen LogP contribution in [0.5, 0.6) is 5.88 Å². The molecule has 1 aromatic heterocycles. The Balaban J connectivity index is 1.75. The van der Waals surface area contributed by atoms with Gasteiger partial charge in [-0.05, 0) is 83.4 Å². The topological polar surface area (TPSA) is 83.5 Å². The number of carboxylic acid groups (broad SMARTS) is 1. The van der Waals surface area contributed by atoms with E-state index < -0.39 is 12.3 Å². The highest BCUT2D eigenvalue weighted by atomic mass is 19.1. The number of allylic oxidation sites excluding steroid dienone is 1. The van der Waals surface area contributed by atoms with Crippen molar-refractivity contribution in [2.24, 2.45) is 5.92 Å². The smallest absolute Gasteiger partial charge is 0.328 e. The first-order valence-electron chi connectivity index (χ1n) is 12.0. The van der Waals surface area contributed by atoms with Crippen molar-refractivity contribution in [3.05, 3.63) is 94.2 Å². The molecule has 2 aliphatic rings. The van der Waals surface area contributed by atoms with Gasteiger partial charge in [-0.3, -0.25) is 0 Å². The van der Waals surface area contributed by atoms with Gasteiger partial charge in [0, 0.05) is 23.4 Å². The fourth-order valence-corrected chi connectivity index (χ4v) is 4.94. The summed E-state index contributed by atoms with van der Waals surface area (Å²) >= 11 is 0. The van der Waals surface area contributed by atoms with Crippen LogP contribution in [-0.2, 0) is 4.79 Å². The summed E-state index contributed by atoms with van der Waals surface area (Å²) < 4.78 is 20.2. The average Bonchev–Trinajstić information content (AvgIpc) is 3.22. The number of aromatic nitrogens is 1. The molecule has 184 valence electrons. The summed E-state index contributed by atoms with van der Waals surface area (Å²) in [4.78, 5) is 15.3. The molecular weight excluding hydrogens is 457 g/mol. The Bertz CT molecular complexity index is 1360. The fourth-order valence-electron chi connectivity index (χ4n) is 4.94. The van der Waals surface area contributed by atoms with E-state index in [1.165, 1.54) is 5.57 Å². The predicted octanol–water partition coefficient (Wildman–Crippen LogP) is 6.15. The van der Waals surface area contributed by atoms with Crippen LogP contribution in [0.25, 0.3) is 17.2 Å². The summed E-state index contributed by atoms with van der Waals surface area (Å²) in [5.74, 6) is -0.0535. The van der Waals surface area contributed by atoms with E-state index in [1.807, 2.05) is 55.5 Å². The number of hydrazine groups is 1.